The van der Waals surface area contributed by atoms with Crippen LogP contribution in [0, 0.1) is 6.92 Å². The summed E-state index contributed by atoms with van der Waals surface area (Å²) < 4.78 is 0. The van der Waals surface area contributed by atoms with E-state index >= 15 is 0 Å². The average molecular weight is 253 g/mol. The molecule has 0 amide bonds. The summed E-state index contributed by atoms with van der Waals surface area (Å²) in [5, 5.41) is 6.98. The van der Waals surface area contributed by atoms with E-state index in [1.54, 1.807) is 11.3 Å². The fourth-order valence-electron chi connectivity index (χ4n) is 2.22. The molecule has 1 aromatic heterocycles. The predicted molar refractivity (Wildman–Crippen MR) is 73.4 cm³/mol. The Bertz CT molecular complexity index is 395. The highest BCUT2D eigenvalue weighted by molar-refractivity contribution is 7.09. The zero-order valence-electron chi connectivity index (χ0n) is 11.5. The lowest BCUT2D eigenvalue weighted by Crippen LogP contribution is -2.65. The maximum Gasteiger partial charge on any atom is 0.107 e. The fraction of sp³-hybridized carbons (Fsp3) is 0.769. The number of aryl methyl sites for hydroxylation is 1. The van der Waals surface area contributed by atoms with Gasteiger partial charge in [0.05, 0.1) is 6.54 Å². The van der Waals surface area contributed by atoms with Crippen LogP contribution in [0.2, 0.25) is 0 Å². The van der Waals surface area contributed by atoms with Gasteiger partial charge < -0.3 is 5.32 Å². The molecule has 0 aromatic carbocycles. The first-order valence-corrected chi connectivity index (χ1v) is 7.08. The van der Waals surface area contributed by atoms with E-state index in [-0.39, 0.29) is 11.1 Å². The normalized spacial score (nSPS) is 23.8. The van der Waals surface area contributed by atoms with Crippen LogP contribution < -0.4 is 5.32 Å². The van der Waals surface area contributed by atoms with E-state index in [0.29, 0.717) is 0 Å². The Kier molecular flexibility index (Phi) is 3.31. The van der Waals surface area contributed by atoms with E-state index in [1.807, 2.05) is 0 Å². The number of aromatic nitrogens is 1. The van der Waals surface area contributed by atoms with Gasteiger partial charge in [-0.2, -0.15) is 0 Å². The van der Waals surface area contributed by atoms with Crippen molar-refractivity contribution < 1.29 is 0 Å². The van der Waals surface area contributed by atoms with Crippen LogP contribution >= 0.6 is 11.3 Å². The molecule has 17 heavy (non-hydrogen) atoms. The molecule has 0 atom stereocenters. The van der Waals surface area contributed by atoms with Gasteiger partial charge in [-0.25, -0.2) is 4.98 Å². The van der Waals surface area contributed by atoms with Crippen LogP contribution in [0.1, 0.15) is 38.4 Å². The molecule has 1 aliphatic rings. The summed E-state index contributed by atoms with van der Waals surface area (Å²) in [5.41, 5.74) is 1.54. The highest BCUT2D eigenvalue weighted by Gasteiger charge is 2.37. The molecule has 2 heterocycles. The molecule has 1 N–H and O–H groups in total. The third kappa shape index (κ3) is 3.06. The topological polar surface area (TPSA) is 28.2 Å². The first-order valence-electron chi connectivity index (χ1n) is 6.20. The standard InChI is InChI=1S/C13H23N3S/c1-10-7-17-11(15-10)6-16-9-12(2,3)14-8-13(16,4)5/h7,14H,6,8-9H2,1-5H3. The quantitative estimate of drug-likeness (QED) is 0.877. The van der Waals surface area contributed by atoms with Crippen molar-refractivity contribution in [3.8, 4) is 0 Å². The van der Waals surface area contributed by atoms with Crippen molar-refractivity contribution in [2.24, 2.45) is 0 Å². The molecule has 0 radical (unpaired) electrons. The minimum absolute atomic E-state index is 0.196. The number of hydrogen-bond acceptors (Lipinski definition) is 4. The van der Waals surface area contributed by atoms with Crippen molar-refractivity contribution in [3.05, 3.63) is 16.1 Å². The van der Waals surface area contributed by atoms with Gasteiger partial charge in [0.15, 0.2) is 0 Å². The third-order valence-electron chi connectivity index (χ3n) is 3.43. The van der Waals surface area contributed by atoms with Gasteiger partial charge in [-0.3, -0.25) is 4.90 Å². The summed E-state index contributed by atoms with van der Waals surface area (Å²) >= 11 is 1.77. The second-order valence-corrected chi connectivity index (χ2v) is 7.23. The van der Waals surface area contributed by atoms with Gasteiger partial charge in [0.25, 0.3) is 0 Å². The van der Waals surface area contributed by atoms with Crippen molar-refractivity contribution >= 4 is 11.3 Å². The maximum absolute atomic E-state index is 4.57. The second-order valence-electron chi connectivity index (χ2n) is 6.29. The van der Waals surface area contributed by atoms with E-state index < -0.39 is 0 Å². The molecule has 0 saturated carbocycles. The molecule has 0 aliphatic carbocycles. The Balaban J connectivity index is 2.11. The summed E-state index contributed by atoms with van der Waals surface area (Å²) in [6, 6.07) is 0. The van der Waals surface area contributed by atoms with E-state index in [0.717, 1.165) is 25.3 Å². The van der Waals surface area contributed by atoms with Crippen molar-refractivity contribution in [2.45, 2.75) is 52.2 Å². The number of rotatable bonds is 2. The molecule has 1 aromatic rings. The fourth-order valence-corrected chi connectivity index (χ4v) is 3.01. The maximum atomic E-state index is 4.57. The lowest BCUT2D eigenvalue weighted by molar-refractivity contribution is 0.0323. The van der Waals surface area contributed by atoms with E-state index in [1.165, 1.54) is 5.01 Å². The molecule has 0 spiro atoms. The minimum atomic E-state index is 0.196. The zero-order chi connectivity index (χ0) is 12.7. The van der Waals surface area contributed by atoms with Crippen LogP contribution in [0.4, 0.5) is 0 Å². The molecule has 1 fully saturated rings. The lowest BCUT2D eigenvalue weighted by Gasteiger charge is -2.49. The highest BCUT2D eigenvalue weighted by atomic mass is 32.1. The van der Waals surface area contributed by atoms with E-state index in [4.69, 9.17) is 0 Å². The number of piperazine rings is 1. The lowest BCUT2D eigenvalue weighted by atomic mass is 9.91. The van der Waals surface area contributed by atoms with Crippen molar-refractivity contribution in [1.29, 1.82) is 0 Å². The Morgan fingerprint density at radius 3 is 2.71 bits per heavy atom. The van der Waals surface area contributed by atoms with Crippen LogP contribution in [0.5, 0.6) is 0 Å². The average Bonchev–Trinajstić information content (AvgIpc) is 2.59. The summed E-state index contributed by atoms with van der Waals surface area (Å²) in [5.74, 6) is 0. The van der Waals surface area contributed by atoms with Gasteiger partial charge in [0.1, 0.15) is 5.01 Å². The van der Waals surface area contributed by atoms with Gasteiger partial charge >= 0.3 is 0 Å². The minimum Gasteiger partial charge on any atom is -0.309 e. The number of thiazole rings is 1. The number of nitrogens with one attached hydrogen (secondary N) is 1. The highest BCUT2D eigenvalue weighted by Crippen LogP contribution is 2.26. The van der Waals surface area contributed by atoms with Gasteiger partial charge in [0.2, 0.25) is 0 Å². The van der Waals surface area contributed by atoms with E-state index in [2.05, 4.69) is 55.2 Å². The van der Waals surface area contributed by atoms with Gasteiger partial charge in [-0.1, -0.05) is 0 Å². The predicted octanol–water partition coefficient (Wildman–Crippen LogP) is 2.41. The van der Waals surface area contributed by atoms with Gasteiger partial charge in [-0.05, 0) is 34.6 Å². The Hall–Kier alpha value is -0.450. The first-order chi connectivity index (χ1) is 7.78. The van der Waals surface area contributed by atoms with Crippen LogP contribution in [0.25, 0.3) is 0 Å². The van der Waals surface area contributed by atoms with Crippen LogP contribution in [-0.2, 0) is 6.54 Å². The van der Waals surface area contributed by atoms with Crippen LogP contribution in [0.15, 0.2) is 5.38 Å². The molecule has 1 aliphatic heterocycles. The largest absolute Gasteiger partial charge is 0.309 e. The van der Waals surface area contributed by atoms with E-state index in [9.17, 15) is 0 Å². The smallest absolute Gasteiger partial charge is 0.107 e. The molecule has 4 heteroatoms. The Morgan fingerprint density at radius 2 is 2.12 bits per heavy atom. The number of nitrogens with zero attached hydrogens (tertiary/aromatic N) is 2. The summed E-state index contributed by atoms with van der Waals surface area (Å²) in [6.07, 6.45) is 0. The number of hydrogen-bond donors (Lipinski definition) is 1. The van der Waals surface area contributed by atoms with Gasteiger partial charge in [0, 0.05) is 35.2 Å². The molecule has 0 unspecified atom stereocenters. The molecular weight excluding hydrogens is 230 g/mol. The summed E-state index contributed by atoms with van der Waals surface area (Å²) in [4.78, 5) is 7.12. The zero-order valence-corrected chi connectivity index (χ0v) is 12.3. The monoisotopic (exact) mass is 253 g/mol. The SMILES string of the molecule is Cc1csc(CN2CC(C)(C)NCC2(C)C)n1. The molecule has 96 valence electrons. The first kappa shape index (κ1) is 13.0. The summed E-state index contributed by atoms with van der Waals surface area (Å²) in [6.45, 7) is 14.3. The van der Waals surface area contributed by atoms with Crippen molar-refractivity contribution in [2.75, 3.05) is 13.1 Å². The van der Waals surface area contributed by atoms with Crippen molar-refractivity contribution in [1.82, 2.24) is 15.2 Å². The molecule has 2 rings (SSSR count). The molecule has 3 nitrogen and oxygen atoms in total. The third-order valence-corrected chi connectivity index (χ3v) is 4.39. The Morgan fingerprint density at radius 1 is 1.41 bits per heavy atom. The second kappa shape index (κ2) is 4.34. The molecular formula is C13H23N3S. The van der Waals surface area contributed by atoms with Crippen molar-refractivity contribution in [3.63, 3.8) is 0 Å². The van der Waals surface area contributed by atoms with Crippen LogP contribution in [0.3, 0.4) is 0 Å². The summed E-state index contributed by atoms with van der Waals surface area (Å²) in [7, 11) is 0. The Labute approximate surface area is 108 Å². The van der Waals surface area contributed by atoms with Crippen LogP contribution in [-0.4, -0.2) is 34.1 Å². The van der Waals surface area contributed by atoms with Gasteiger partial charge in [-0.15, -0.1) is 11.3 Å². The molecule has 1 saturated heterocycles. The molecule has 0 bridgehead atoms.